The molecule has 0 bridgehead atoms. The van der Waals surface area contributed by atoms with E-state index in [4.69, 9.17) is 5.11 Å². The molecule has 86 valence electrons. The number of thiazole rings is 1. The summed E-state index contributed by atoms with van der Waals surface area (Å²) in [5, 5.41) is 9.60. The van der Waals surface area contributed by atoms with Crippen LogP contribution in [0.4, 0.5) is 13.2 Å². The van der Waals surface area contributed by atoms with Crippen LogP contribution in [0.2, 0.25) is 0 Å². The smallest absolute Gasteiger partial charge is 0.383 e. The third kappa shape index (κ3) is 4.40. The van der Waals surface area contributed by atoms with Gasteiger partial charge < -0.3 is 5.11 Å². The first kappa shape index (κ1) is 12.8. The maximum atomic E-state index is 11.9. The molecule has 1 aromatic rings. The van der Waals surface area contributed by atoms with Gasteiger partial charge in [0, 0.05) is 22.6 Å². The van der Waals surface area contributed by atoms with Crippen LogP contribution in [0.5, 0.6) is 0 Å². The Morgan fingerprint density at radius 3 is 2.73 bits per heavy atom. The summed E-state index contributed by atoms with van der Waals surface area (Å²) < 4.78 is 35.7. The van der Waals surface area contributed by atoms with Crippen LogP contribution in [0.3, 0.4) is 0 Å². The van der Waals surface area contributed by atoms with Crippen molar-refractivity contribution in [1.82, 2.24) is 4.98 Å². The molecular formula is C8H10F3NOS2. The molecule has 0 aliphatic carbocycles. The van der Waals surface area contributed by atoms with Crippen molar-refractivity contribution in [2.75, 3.05) is 5.75 Å². The van der Waals surface area contributed by atoms with E-state index < -0.39 is 12.3 Å². The van der Waals surface area contributed by atoms with Gasteiger partial charge in [-0.05, 0) is 6.92 Å². The van der Waals surface area contributed by atoms with Crippen LogP contribution in [0.15, 0.2) is 6.20 Å². The van der Waals surface area contributed by atoms with Crippen LogP contribution >= 0.6 is 23.1 Å². The van der Waals surface area contributed by atoms with E-state index in [1.807, 2.05) is 6.92 Å². The van der Waals surface area contributed by atoms with Crippen LogP contribution in [-0.4, -0.2) is 28.1 Å². The van der Waals surface area contributed by atoms with Crippen molar-refractivity contribution in [3.8, 4) is 0 Å². The molecule has 0 aliphatic rings. The first-order chi connectivity index (χ1) is 6.89. The minimum Gasteiger partial charge on any atom is -0.383 e. The average molecular weight is 257 g/mol. The predicted octanol–water partition coefficient (Wildman–Crippen LogP) is 2.61. The molecule has 0 aromatic carbocycles. The fraction of sp³-hybridized carbons (Fsp3) is 0.625. The molecule has 1 unspecified atom stereocenters. The molecular weight excluding hydrogens is 247 g/mol. The van der Waals surface area contributed by atoms with Crippen molar-refractivity contribution in [3.05, 3.63) is 16.1 Å². The number of alkyl halides is 3. The molecule has 0 spiro atoms. The van der Waals surface area contributed by atoms with Gasteiger partial charge in [0.25, 0.3) is 0 Å². The summed E-state index contributed by atoms with van der Waals surface area (Å²) in [6.07, 6.45) is -5.11. The lowest BCUT2D eigenvalue weighted by Gasteiger charge is -2.13. The largest absolute Gasteiger partial charge is 0.415 e. The van der Waals surface area contributed by atoms with Gasteiger partial charge in [-0.1, -0.05) is 0 Å². The normalized spacial score (nSPS) is 14.2. The number of rotatable bonds is 4. The molecule has 2 nitrogen and oxygen atoms in total. The Morgan fingerprint density at radius 2 is 2.27 bits per heavy atom. The number of aliphatic hydroxyl groups is 1. The van der Waals surface area contributed by atoms with E-state index in [0.29, 0.717) is 5.75 Å². The van der Waals surface area contributed by atoms with Crippen molar-refractivity contribution in [3.63, 3.8) is 0 Å². The summed E-state index contributed by atoms with van der Waals surface area (Å²) in [6.45, 7) is 1.84. The van der Waals surface area contributed by atoms with E-state index in [-0.39, 0.29) is 5.75 Å². The van der Waals surface area contributed by atoms with Crippen LogP contribution < -0.4 is 0 Å². The summed E-state index contributed by atoms with van der Waals surface area (Å²) in [5.41, 5.74) is 0. The van der Waals surface area contributed by atoms with Crippen molar-refractivity contribution >= 4 is 23.1 Å². The molecule has 15 heavy (non-hydrogen) atoms. The number of halogens is 3. The lowest BCUT2D eigenvalue weighted by molar-refractivity contribution is -0.195. The molecule has 0 amide bonds. The third-order valence-electron chi connectivity index (χ3n) is 1.57. The number of aromatic nitrogens is 1. The Bertz CT molecular complexity index is 313. The average Bonchev–Trinajstić information content (AvgIpc) is 2.49. The molecule has 1 aromatic heterocycles. The highest BCUT2D eigenvalue weighted by atomic mass is 32.2. The van der Waals surface area contributed by atoms with Crippen LogP contribution in [0, 0.1) is 6.92 Å². The second-order valence-corrected chi connectivity index (χ2v) is 5.27. The van der Waals surface area contributed by atoms with Gasteiger partial charge in [0.2, 0.25) is 0 Å². The molecule has 0 aliphatic heterocycles. The van der Waals surface area contributed by atoms with Gasteiger partial charge in [-0.3, -0.25) is 0 Å². The third-order valence-corrected chi connectivity index (χ3v) is 3.73. The molecule has 1 N–H and O–H groups in total. The highest BCUT2D eigenvalue weighted by Crippen LogP contribution is 2.25. The summed E-state index contributed by atoms with van der Waals surface area (Å²) in [5.74, 6) is 0.124. The van der Waals surface area contributed by atoms with Gasteiger partial charge in [-0.2, -0.15) is 24.9 Å². The van der Waals surface area contributed by atoms with Crippen molar-refractivity contribution < 1.29 is 18.3 Å². The van der Waals surface area contributed by atoms with E-state index in [1.165, 1.54) is 11.3 Å². The minimum atomic E-state index is -4.52. The van der Waals surface area contributed by atoms with E-state index in [1.54, 1.807) is 6.20 Å². The Hall–Kier alpha value is -0.270. The number of aliphatic hydroxyl groups excluding tert-OH is 1. The van der Waals surface area contributed by atoms with Gasteiger partial charge in [0.1, 0.15) is 0 Å². The van der Waals surface area contributed by atoms with E-state index >= 15 is 0 Å². The summed E-state index contributed by atoms with van der Waals surface area (Å²) in [4.78, 5) is 4.91. The van der Waals surface area contributed by atoms with Gasteiger partial charge in [0.05, 0.1) is 5.01 Å². The Kier molecular flexibility index (Phi) is 4.42. The SMILES string of the molecule is Cc1ncc(CSCC(O)C(F)(F)F)s1. The molecule has 1 rings (SSSR count). The molecule has 7 heteroatoms. The number of thioether (sulfide) groups is 1. The predicted molar refractivity (Wildman–Crippen MR) is 55.1 cm³/mol. The Morgan fingerprint density at radius 1 is 1.60 bits per heavy atom. The van der Waals surface area contributed by atoms with Gasteiger partial charge >= 0.3 is 6.18 Å². The number of hydrogen-bond acceptors (Lipinski definition) is 4. The second kappa shape index (κ2) is 5.18. The van der Waals surface area contributed by atoms with Crippen LogP contribution in [-0.2, 0) is 5.75 Å². The minimum absolute atomic E-state index is 0.333. The first-order valence-corrected chi connectivity index (χ1v) is 6.10. The number of nitrogens with zero attached hydrogens (tertiary/aromatic N) is 1. The van der Waals surface area contributed by atoms with Crippen molar-refractivity contribution in [2.24, 2.45) is 0 Å². The van der Waals surface area contributed by atoms with Gasteiger partial charge in [-0.25, -0.2) is 4.98 Å². The standard InChI is InChI=1S/C8H10F3NOS2/c1-5-12-2-6(15-5)3-14-4-7(13)8(9,10)11/h2,7,13H,3-4H2,1H3. The number of hydrogen-bond donors (Lipinski definition) is 1. The summed E-state index contributed by atoms with van der Waals surface area (Å²) in [6, 6.07) is 0. The van der Waals surface area contributed by atoms with E-state index in [0.717, 1.165) is 21.6 Å². The summed E-state index contributed by atoms with van der Waals surface area (Å²) in [7, 11) is 0. The van der Waals surface area contributed by atoms with Crippen LogP contribution in [0.25, 0.3) is 0 Å². The molecule has 0 radical (unpaired) electrons. The maximum Gasteiger partial charge on any atom is 0.415 e. The van der Waals surface area contributed by atoms with Gasteiger partial charge in [-0.15, -0.1) is 11.3 Å². The lowest BCUT2D eigenvalue weighted by atomic mass is 10.4. The van der Waals surface area contributed by atoms with E-state index in [9.17, 15) is 13.2 Å². The second-order valence-electron chi connectivity index (χ2n) is 2.92. The molecule has 0 fully saturated rings. The zero-order valence-electron chi connectivity index (χ0n) is 7.91. The molecule has 1 heterocycles. The highest BCUT2D eigenvalue weighted by Gasteiger charge is 2.37. The lowest BCUT2D eigenvalue weighted by Crippen LogP contribution is -2.30. The molecule has 1 atom stereocenters. The van der Waals surface area contributed by atoms with Gasteiger partial charge in [0.15, 0.2) is 6.10 Å². The monoisotopic (exact) mass is 257 g/mol. The Balaban J connectivity index is 2.28. The van der Waals surface area contributed by atoms with E-state index in [2.05, 4.69) is 4.98 Å². The molecule has 0 saturated carbocycles. The number of aryl methyl sites for hydroxylation is 1. The molecule has 0 saturated heterocycles. The zero-order valence-corrected chi connectivity index (χ0v) is 9.55. The quantitative estimate of drug-likeness (QED) is 0.900. The highest BCUT2D eigenvalue weighted by molar-refractivity contribution is 7.98. The fourth-order valence-electron chi connectivity index (χ4n) is 0.838. The Labute approximate surface area is 93.5 Å². The van der Waals surface area contributed by atoms with Crippen LogP contribution in [0.1, 0.15) is 9.88 Å². The van der Waals surface area contributed by atoms with Crippen molar-refractivity contribution in [2.45, 2.75) is 25.0 Å². The summed E-state index contributed by atoms with van der Waals surface area (Å²) >= 11 is 2.51. The zero-order chi connectivity index (χ0) is 11.5. The topological polar surface area (TPSA) is 33.1 Å². The fourth-order valence-corrected chi connectivity index (χ4v) is 2.72. The first-order valence-electron chi connectivity index (χ1n) is 4.13. The maximum absolute atomic E-state index is 11.9. The van der Waals surface area contributed by atoms with Crippen molar-refractivity contribution in [1.29, 1.82) is 0 Å².